The number of nitro groups is 2. The van der Waals surface area contributed by atoms with E-state index in [-0.39, 0.29) is 22.6 Å². The summed E-state index contributed by atoms with van der Waals surface area (Å²) in [5.41, 5.74) is -0.183. The number of benzene rings is 2. The number of nitro benzene ring substituents is 2. The Balaban J connectivity index is 2.03. The molecule has 0 aliphatic rings. The number of nitrogens with one attached hydrogen (secondary N) is 2. The molecule has 2 amide bonds. The Morgan fingerprint density at radius 2 is 1.54 bits per heavy atom. The molecule has 0 aromatic heterocycles. The van der Waals surface area contributed by atoms with Gasteiger partial charge in [-0.25, -0.2) is 0 Å². The van der Waals surface area contributed by atoms with Gasteiger partial charge in [0.1, 0.15) is 6.04 Å². The summed E-state index contributed by atoms with van der Waals surface area (Å²) in [6.07, 6.45) is 0. The average Bonchev–Trinajstić information content (AvgIpc) is 2.61. The number of non-ortho nitro benzene ring substituents is 2. The first-order chi connectivity index (χ1) is 12.3. The van der Waals surface area contributed by atoms with Crippen LogP contribution in [0, 0.1) is 20.2 Å². The molecule has 0 fully saturated rings. The molecule has 10 heteroatoms. The highest BCUT2D eigenvalue weighted by atomic mass is 16.6. The van der Waals surface area contributed by atoms with Crippen molar-refractivity contribution in [3.05, 3.63) is 74.3 Å². The van der Waals surface area contributed by atoms with E-state index in [9.17, 15) is 29.8 Å². The van der Waals surface area contributed by atoms with Gasteiger partial charge in [-0.3, -0.25) is 29.8 Å². The Kier molecular flexibility index (Phi) is 5.58. The topological polar surface area (TPSA) is 144 Å². The van der Waals surface area contributed by atoms with Crippen molar-refractivity contribution in [2.75, 3.05) is 5.32 Å². The Hall–Kier alpha value is -3.82. The minimum absolute atomic E-state index is 0.0363. The molecule has 0 saturated heterocycles. The lowest BCUT2D eigenvalue weighted by Gasteiger charge is -2.14. The summed E-state index contributed by atoms with van der Waals surface area (Å²) in [7, 11) is 0. The third-order valence-electron chi connectivity index (χ3n) is 3.38. The zero-order valence-corrected chi connectivity index (χ0v) is 13.5. The van der Waals surface area contributed by atoms with Gasteiger partial charge in [-0.2, -0.15) is 0 Å². The maximum absolute atomic E-state index is 12.1. The second-order valence-corrected chi connectivity index (χ2v) is 5.30. The van der Waals surface area contributed by atoms with Crippen molar-refractivity contribution >= 4 is 28.9 Å². The first-order valence-electron chi connectivity index (χ1n) is 7.38. The van der Waals surface area contributed by atoms with E-state index in [1.165, 1.54) is 49.4 Å². The van der Waals surface area contributed by atoms with Crippen molar-refractivity contribution < 1.29 is 19.4 Å². The average molecular weight is 358 g/mol. The smallest absolute Gasteiger partial charge is 0.271 e. The van der Waals surface area contributed by atoms with Crippen molar-refractivity contribution in [1.82, 2.24) is 5.32 Å². The summed E-state index contributed by atoms with van der Waals surface area (Å²) < 4.78 is 0. The van der Waals surface area contributed by atoms with Gasteiger partial charge in [0.15, 0.2) is 0 Å². The monoisotopic (exact) mass is 358 g/mol. The van der Waals surface area contributed by atoms with Crippen LogP contribution in [0.5, 0.6) is 0 Å². The second kappa shape index (κ2) is 7.83. The molecule has 0 saturated carbocycles. The quantitative estimate of drug-likeness (QED) is 0.598. The Morgan fingerprint density at radius 3 is 2.15 bits per heavy atom. The van der Waals surface area contributed by atoms with Crippen LogP contribution in [0.3, 0.4) is 0 Å². The standard InChI is InChI=1S/C16H14N4O6/c1-10(15(21)18-12-5-3-7-14(9-12)20(25)26)17-16(22)11-4-2-6-13(8-11)19(23)24/h2-10H,1H3,(H,17,22)(H,18,21). The van der Waals surface area contributed by atoms with Crippen LogP contribution in [0.25, 0.3) is 0 Å². The molecule has 26 heavy (non-hydrogen) atoms. The van der Waals surface area contributed by atoms with E-state index < -0.39 is 27.7 Å². The number of anilines is 1. The molecule has 0 radical (unpaired) electrons. The van der Waals surface area contributed by atoms with Crippen molar-refractivity contribution in [3.8, 4) is 0 Å². The molecule has 0 bridgehead atoms. The van der Waals surface area contributed by atoms with E-state index in [1.807, 2.05) is 0 Å². The van der Waals surface area contributed by atoms with E-state index in [0.717, 1.165) is 6.07 Å². The van der Waals surface area contributed by atoms with Crippen LogP contribution in [-0.2, 0) is 4.79 Å². The number of amides is 2. The summed E-state index contributed by atoms with van der Waals surface area (Å²) in [6.45, 7) is 1.42. The fourth-order valence-corrected chi connectivity index (χ4v) is 2.05. The zero-order valence-electron chi connectivity index (χ0n) is 13.5. The highest BCUT2D eigenvalue weighted by molar-refractivity contribution is 6.01. The van der Waals surface area contributed by atoms with Crippen molar-refractivity contribution in [1.29, 1.82) is 0 Å². The number of nitrogens with zero attached hydrogens (tertiary/aromatic N) is 2. The number of hydrogen-bond acceptors (Lipinski definition) is 6. The molecule has 0 heterocycles. The number of rotatable bonds is 6. The fraction of sp³-hybridized carbons (Fsp3) is 0.125. The van der Waals surface area contributed by atoms with Crippen molar-refractivity contribution in [2.45, 2.75) is 13.0 Å². The molecule has 2 N–H and O–H groups in total. The van der Waals surface area contributed by atoms with Crippen LogP contribution in [0.1, 0.15) is 17.3 Å². The normalized spacial score (nSPS) is 11.3. The summed E-state index contributed by atoms with van der Waals surface area (Å²) in [6, 6.07) is 9.47. The number of carbonyl (C=O) groups excluding carboxylic acids is 2. The summed E-state index contributed by atoms with van der Waals surface area (Å²) in [4.78, 5) is 44.5. The van der Waals surface area contributed by atoms with Gasteiger partial charge in [0.05, 0.1) is 9.85 Å². The largest absolute Gasteiger partial charge is 0.341 e. The molecule has 2 rings (SSSR count). The first-order valence-corrected chi connectivity index (χ1v) is 7.38. The van der Waals surface area contributed by atoms with Crippen LogP contribution in [0.2, 0.25) is 0 Å². The molecule has 1 unspecified atom stereocenters. The molecule has 0 aliphatic carbocycles. The lowest BCUT2D eigenvalue weighted by atomic mass is 10.1. The van der Waals surface area contributed by atoms with Crippen LogP contribution in [0.4, 0.5) is 17.1 Å². The Labute approximate surface area is 147 Å². The van der Waals surface area contributed by atoms with E-state index in [0.29, 0.717) is 0 Å². The Morgan fingerprint density at radius 1 is 0.962 bits per heavy atom. The summed E-state index contributed by atoms with van der Waals surface area (Å²) >= 11 is 0. The third-order valence-corrected chi connectivity index (χ3v) is 3.38. The highest BCUT2D eigenvalue weighted by Gasteiger charge is 2.19. The zero-order chi connectivity index (χ0) is 19.3. The molecule has 0 aliphatic heterocycles. The second-order valence-electron chi connectivity index (χ2n) is 5.30. The predicted octanol–water partition coefficient (Wildman–Crippen LogP) is 2.26. The van der Waals surface area contributed by atoms with E-state index in [4.69, 9.17) is 0 Å². The number of hydrogen-bond donors (Lipinski definition) is 2. The first kappa shape index (κ1) is 18.5. The van der Waals surface area contributed by atoms with Crippen molar-refractivity contribution in [2.24, 2.45) is 0 Å². The van der Waals surface area contributed by atoms with Crippen LogP contribution in [0.15, 0.2) is 48.5 Å². The van der Waals surface area contributed by atoms with Gasteiger partial charge in [0, 0.05) is 35.5 Å². The van der Waals surface area contributed by atoms with Gasteiger partial charge in [-0.05, 0) is 19.1 Å². The third kappa shape index (κ3) is 4.60. The molecular formula is C16H14N4O6. The van der Waals surface area contributed by atoms with Crippen LogP contribution in [-0.4, -0.2) is 27.7 Å². The van der Waals surface area contributed by atoms with Gasteiger partial charge in [0.25, 0.3) is 17.3 Å². The molecule has 1 atom stereocenters. The maximum atomic E-state index is 12.1. The summed E-state index contributed by atoms with van der Waals surface area (Å²) in [5.74, 6) is -1.25. The molecule has 2 aromatic carbocycles. The number of carbonyl (C=O) groups is 2. The van der Waals surface area contributed by atoms with Gasteiger partial charge >= 0.3 is 0 Å². The maximum Gasteiger partial charge on any atom is 0.271 e. The van der Waals surface area contributed by atoms with Crippen LogP contribution >= 0.6 is 0 Å². The van der Waals surface area contributed by atoms with E-state index in [1.54, 1.807) is 0 Å². The SMILES string of the molecule is CC(NC(=O)c1cccc([N+](=O)[O-])c1)C(=O)Nc1cccc([N+](=O)[O-])c1. The molecule has 2 aromatic rings. The van der Waals surface area contributed by atoms with Gasteiger partial charge < -0.3 is 10.6 Å². The minimum Gasteiger partial charge on any atom is -0.341 e. The van der Waals surface area contributed by atoms with Gasteiger partial charge in [-0.15, -0.1) is 0 Å². The lowest BCUT2D eigenvalue weighted by Crippen LogP contribution is -2.41. The predicted molar refractivity (Wildman–Crippen MR) is 91.8 cm³/mol. The van der Waals surface area contributed by atoms with Crippen molar-refractivity contribution in [3.63, 3.8) is 0 Å². The summed E-state index contributed by atoms with van der Waals surface area (Å²) in [5, 5.41) is 26.4. The van der Waals surface area contributed by atoms with E-state index >= 15 is 0 Å². The molecular weight excluding hydrogens is 344 g/mol. The molecule has 134 valence electrons. The van der Waals surface area contributed by atoms with E-state index in [2.05, 4.69) is 10.6 Å². The van der Waals surface area contributed by atoms with Gasteiger partial charge in [0.2, 0.25) is 5.91 Å². The molecule has 0 spiro atoms. The minimum atomic E-state index is -0.971. The Bertz CT molecular complexity index is 883. The lowest BCUT2D eigenvalue weighted by molar-refractivity contribution is -0.385. The fourth-order valence-electron chi connectivity index (χ4n) is 2.05. The highest BCUT2D eigenvalue weighted by Crippen LogP contribution is 2.17. The molecule has 10 nitrogen and oxygen atoms in total. The van der Waals surface area contributed by atoms with Gasteiger partial charge in [-0.1, -0.05) is 12.1 Å². The van der Waals surface area contributed by atoms with Crippen LogP contribution < -0.4 is 10.6 Å².